The van der Waals surface area contributed by atoms with Gasteiger partial charge < -0.3 is 10.2 Å². The first-order valence-corrected chi connectivity index (χ1v) is 10.7. The number of nitrogens with one attached hydrogen (secondary N) is 1. The third-order valence-electron chi connectivity index (χ3n) is 5.11. The molecule has 0 bridgehead atoms. The average Bonchev–Trinajstić information content (AvgIpc) is 2.74. The fourth-order valence-corrected chi connectivity index (χ4v) is 3.81. The molecule has 160 valence electrons. The highest BCUT2D eigenvalue weighted by Gasteiger charge is 2.27. The van der Waals surface area contributed by atoms with E-state index in [4.69, 9.17) is 4.55 Å². The van der Waals surface area contributed by atoms with Gasteiger partial charge in [0.05, 0.1) is 5.69 Å². The summed E-state index contributed by atoms with van der Waals surface area (Å²) in [7, 11) is 1.46. The second kappa shape index (κ2) is 10.3. The van der Waals surface area contributed by atoms with Gasteiger partial charge in [0.2, 0.25) is 0 Å². The number of hydrogen-bond donors (Lipinski definition) is 2. The molecule has 0 radical (unpaired) electrons. The van der Waals surface area contributed by atoms with Crippen molar-refractivity contribution in [3.05, 3.63) is 60.2 Å². The molecule has 1 atom stereocenters. The zero-order valence-corrected chi connectivity index (χ0v) is 17.5. The number of anilines is 2. The van der Waals surface area contributed by atoms with E-state index in [1.165, 1.54) is 12.6 Å². The maximum atomic E-state index is 12.5. The Morgan fingerprint density at radius 1 is 1.17 bits per heavy atom. The number of rotatable bonds is 6. The summed E-state index contributed by atoms with van der Waals surface area (Å²) in [4.78, 5) is 26.5. The molecule has 1 heterocycles. The van der Waals surface area contributed by atoms with E-state index in [0.717, 1.165) is 24.3 Å². The monoisotopic (exact) mass is 431 g/mol. The Labute approximate surface area is 178 Å². The van der Waals surface area contributed by atoms with Crippen molar-refractivity contribution in [1.82, 2.24) is 4.90 Å². The van der Waals surface area contributed by atoms with E-state index in [-0.39, 0.29) is 0 Å². The molecule has 3 rings (SSSR count). The summed E-state index contributed by atoms with van der Waals surface area (Å²) < 4.78 is 24.2. The van der Waals surface area contributed by atoms with Crippen LogP contribution < -0.4 is 10.4 Å². The topological polar surface area (TPSA) is 99.2 Å². The fourth-order valence-electron chi connectivity index (χ4n) is 3.53. The van der Waals surface area contributed by atoms with Gasteiger partial charge in [-0.05, 0) is 48.9 Å². The van der Waals surface area contributed by atoms with Crippen LogP contribution in [0.4, 0.5) is 11.4 Å². The molecular formula is C21H25N3O5S. The molecule has 1 fully saturated rings. The highest BCUT2D eigenvalue weighted by Crippen LogP contribution is 2.23. The van der Waals surface area contributed by atoms with E-state index in [9.17, 15) is 13.8 Å². The molecule has 8 nitrogen and oxygen atoms in total. The summed E-state index contributed by atoms with van der Waals surface area (Å²) >= 11 is -2.46. The van der Waals surface area contributed by atoms with Gasteiger partial charge >= 0.3 is 23.2 Å². The van der Waals surface area contributed by atoms with Gasteiger partial charge in [-0.15, -0.1) is 4.28 Å². The lowest BCUT2D eigenvalue weighted by Gasteiger charge is -2.31. The molecule has 9 heteroatoms. The number of nitrogens with zero attached hydrogens (tertiary/aromatic N) is 2. The minimum Gasteiger partial charge on any atom is -0.334 e. The van der Waals surface area contributed by atoms with Gasteiger partial charge in [-0.2, -0.15) is 4.21 Å². The maximum absolute atomic E-state index is 12.5. The van der Waals surface area contributed by atoms with Crippen LogP contribution in [0.5, 0.6) is 0 Å². The zero-order chi connectivity index (χ0) is 21.5. The molecule has 2 amide bonds. The SMILES string of the molecule is CN(OS(=O)O)c1cccc(NC(=O)C(=O)N2CCC(Cc3ccccc3)CC2)c1. The Kier molecular flexibility index (Phi) is 7.56. The van der Waals surface area contributed by atoms with E-state index in [1.54, 1.807) is 29.2 Å². The van der Waals surface area contributed by atoms with Crippen LogP contribution in [-0.2, 0) is 31.7 Å². The molecule has 1 saturated heterocycles. The summed E-state index contributed by atoms with van der Waals surface area (Å²) in [6.07, 6.45) is 2.71. The highest BCUT2D eigenvalue weighted by molar-refractivity contribution is 7.74. The first-order chi connectivity index (χ1) is 14.4. The predicted octanol–water partition coefficient (Wildman–Crippen LogP) is 2.61. The third-order valence-corrected chi connectivity index (χ3v) is 5.46. The highest BCUT2D eigenvalue weighted by atomic mass is 32.2. The lowest BCUT2D eigenvalue weighted by atomic mass is 9.90. The minimum atomic E-state index is -2.46. The molecule has 0 spiro atoms. The molecule has 0 aromatic heterocycles. The standard InChI is InChI=1S/C21H25N3O5S/c1-23(29-30(27)28)19-9-5-8-18(15-19)22-20(25)21(26)24-12-10-17(11-13-24)14-16-6-3-2-4-7-16/h2-9,15,17H,10-14H2,1H3,(H,22,25)(H,27,28). The molecule has 2 N–H and O–H groups in total. The second-order valence-electron chi connectivity index (χ2n) is 7.22. The Hall–Kier alpha value is -2.75. The molecule has 2 aromatic rings. The van der Waals surface area contributed by atoms with Crippen LogP contribution in [0.1, 0.15) is 18.4 Å². The van der Waals surface area contributed by atoms with E-state index in [0.29, 0.717) is 30.4 Å². The lowest BCUT2D eigenvalue weighted by Crippen LogP contribution is -2.44. The maximum Gasteiger partial charge on any atom is 0.325 e. The molecule has 0 aliphatic carbocycles. The van der Waals surface area contributed by atoms with Crippen LogP contribution in [0, 0.1) is 5.92 Å². The normalized spacial score (nSPS) is 15.5. The number of likely N-dealkylation sites (tertiary alicyclic amines) is 1. The first kappa shape index (κ1) is 21.9. The number of benzene rings is 2. The van der Waals surface area contributed by atoms with Crippen molar-refractivity contribution in [2.45, 2.75) is 19.3 Å². The molecular weight excluding hydrogens is 406 g/mol. The summed E-state index contributed by atoms with van der Waals surface area (Å²) in [6, 6.07) is 16.7. The van der Waals surface area contributed by atoms with Gasteiger partial charge in [0.15, 0.2) is 0 Å². The third kappa shape index (κ3) is 6.12. The van der Waals surface area contributed by atoms with Crippen LogP contribution in [0.25, 0.3) is 0 Å². The van der Waals surface area contributed by atoms with Crippen molar-refractivity contribution < 1.29 is 22.6 Å². The number of hydrogen-bond acceptors (Lipinski definition) is 5. The minimum absolute atomic E-state index is 0.393. The largest absolute Gasteiger partial charge is 0.334 e. The number of piperidine rings is 1. The number of carbonyl (C=O) groups is 2. The predicted molar refractivity (Wildman–Crippen MR) is 115 cm³/mol. The van der Waals surface area contributed by atoms with Gasteiger partial charge in [-0.25, -0.2) is 5.06 Å². The Bertz CT molecular complexity index is 901. The van der Waals surface area contributed by atoms with Gasteiger partial charge in [0, 0.05) is 25.8 Å². The Balaban J connectivity index is 1.52. The van der Waals surface area contributed by atoms with E-state index in [1.807, 2.05) is 18.2 Å². The van der Waals surface area contributed by atoms with Crippen molar-refractivity contribution in [2.75, 3.05) is 30.5 Å². The van der Waals surface area contributed by atoms with Gasteiger partial charge in [0.25, 0.3) is 0 Å². The quantitative estimate of drug-likeness (QED) is 0.414. The van der Waals surface area contributed by atoms with Crippen LogP contribution in [0.2, 0.25) is 0 Å². The van der Waals surface area contributed by atoms with Crippen molar-refractivity contribution >= 4 is 34.6 Å². The Morgan fingerprint density at radius 2 is 1.87 bits per heavy atom. The van der Waals surface area contributed by atoms with Crippen LogP contribution in [-0.4, -0.2) is 45.6 Å². The fraction of sp³-hybridized carbons (Fsp3) is 0.333. The smallest absolute Gasteiger partial charge is 0.325 e. The molecule has 1 aliphatic heterocycles. The lowest BCUT2D eigenvalue weighted by molar-refractivity contribution is -0.144. The van der Waals surface area contributed by atoms with E-state index < -0.39 is 23.2 Å². The summed E-state index contributed by atoms with van der Waals surface area (Å²) in [6.45, 7) is 1.12. The van der Waals surface area contributed by atoms with Gasteiger partial charge in [0.1, 0.15) is 0 Å². The number of carbonyl (C=O) groups excluding carboxylic acids is 2. The molecule has 1 unspecified atom stereocenters. The van der Waals surface area contributed by atoms with Crippen LogP contribution in [0.15, 0.2) is 54.6 Å². The first-order valence-electron chi connectivity index (χ1n) is 9.69. The van der Waals surface area contributed by atoms with Crippen molar-refractivity contribution in [3.8, 4) is 0 Å². The second-order valence-corrected chi connectivity index (χ2v) is 7.80. The zero-order valence-electron chi connectivity index (χ0n) is 16.7. The van der Waals surface area contributed by atoms with Crippen LogP contribution in [0.3, 0.4) is 0 Å². The average molecular weight is 432 g/mol. The van der Waals surface area contributed by atoms with Crippen molar-refractivity contribution in [2.24, 2.45) is 5.92 Å². The van der Waals surface area contributed by atoms with Crippen molar-refractivity contribution in [1.29, 1.82) is 0 Å². The molecule has 30 heavy (non-hydrogen) atoms. The van der Waals surface area contributed by atoms with Crippen molar-refractivity contribution in [3.63, 3.8) is 0 Å². The van der Waals surface area contributed by atoms with Crippen LogP contribution >= 0.6 is 0 Å². The summed E-state index contributed by atoms with van der Waals surface area (Å²) in [5.74, 6) is -0.758. The van der Waals surface area contributed by atoms with E-state index in [2.05, 4.69) is 21.7 Å². The Morgan fingerprint density at radius 3 is 2.53 bits per heavy atom. The summed E-state index contributed by atoms with van der Waals surface area (Å²) in [5, 5.41) is 3.69. The molecule has 0 saturated carbocycles. The van der Waals surface area contributed by atoms with Gasteiger partial charge in [-0.3, -0.25) is 14.1 Å². The molecule has 2 aromatic carbocycles. The number of hydroxylamine groups is 1. The summed E-state index contributed by atoms with van der Waals surface area (Å²) in [5.41, 5.74) is 2.13. The van der Waals surface area contributed by atoms with E-state index >= 15 is 0 Å². The van der Waals surface area contributed by atoms with Gasteiger partial charge in [-0.1, -0.05) is 36.4 Å². The molecule has 1 aliphatic rings. The number of amides is 2.